The maximum absolute atomic E-state index is 5.55. The molecule has 0 radical (unpaired) electrons. The Kier molecular flexibility index (Phi) is 5.00. The van der Waals surface area contributed by atoms with Crippen molar-refractivity contribution >= 4 is 11.4 Å². The van der Waals surface area contributed by atoms with Gasteiger partial charge in [0.15, 0.2) is 0 Å². The van der Waals surface area contributed by atoms with Crippen molar-refractivity contribution in [2.24, 2.45) is 5.41 Å². The van der Waals surface area contributed by atoms with Gasteiger partial charge in [0.1, 0.15) is 11.5 Å². The zero-order chi connectivity index (χ0) is 19.9. The summed E-state index contributed by atoms with van der Waals surface area (Å²) in [5.41, 5.74) is 4.29. The van der Waals surface area contributed by atoms with Crippen LogP contribution in [-0.2, 0) is 0 Å². The summed E-state index contributed by atoms with van der Waals surface area (Å²) in [6, 6.07) is 15.5. The van der Waals surface area contributed by atoms with Gasteiger partial charge in [-0.15, -0.1) is 0 Å². The lowest BCUT2D eigenvalue weighted by Crippen LogP contribution is -2.47. The molecule has 1 fully saturated rings. The number of ether oxygens (including phenoxy) is 2. The average molecular weight is 381 g/mol. The van der Waals surface area contributed by atoms with Gasteiger partial charge >= 0.3 is 0 Å². The van der Waals surface area contributed by atoms with Gasteiger partial charge in [0.2, 0.25) is 0 Å². The highest BCUT2D eigenvalue weighted by molar-refractivity contribution is 5.74. The van der Waals surface area contributed by atoms with Gasteiger partial charge < -0.3 is 19.3 Å². The molecule has 0 aliphatic carbocycles. The molecule has 2 atom stereocenters. The van der Waals surface area contributed by atoms with Gasteiger partial charge in [-0.05, 0) is 59.9 Å². The minimum absolute atomic E-state index is 0.318. The monoisotopic (exact) mass is 380 g/mol. The summed E-state index contributed by atoms with van der Waals surface area (Å²) < 4.78 is 10.9. The van der Waals surface area contributed by atoms with Crippen LogP contribution in [0, 0.1) is 5.41 Å². The first-order valence-corrected chi connectivity index (χ1v) is 10.2. The number of piperidine rings is 1. The molecule has 0 amide bonds. The second kappa shape index (κ2) is 7.32. The van der Waals surface area contributed by atoms with Crippen molar-refractivity contribution in [3.8, 4) is 11.5 Å². The Bertz CT molecular complexity index is 825. The highest BCUT2D eigenvalue weighted by Gasteiger charge is 2.43. The van der Waals surface area contributed by atoms with E-state index in [1.165, 1.54) is 23.4 Å². The maximum Gasteiger partial charge on any atom is 0.119 e. The minimum Gasteiger partial charge on any atom is -0.497 e. The third kappa shape index (κ3) is 3.58. The normalized spacial score (nSPS) is 22.0. The van der Waals surface area contributed by atoms with Crippen molar-refractivity contribution in [3.05, 3.63) is 48.0 Å². The highest BCUT2D eigenvalue weighted by atomic mass is 16.5. The fraction of sp³-hybridized carbons (Fsp3) is 0.500. The molecule has 1 saturated heterocycles. The molecule has 2 aliphatic heterocycles. The number of rotatable bonds is 4. The van der Waals surface area contributed by atoms with Crippen LogP contribution in [-0.4, -0.2) is 44.8 Å². The van der Waals surface area contributed by atoms with E-state index in [0.29, 0.717) is 17.4 Å². The number of nitrogens with zero attached hydrogens (tertiary/aromatic N) is 2. The lowest BCUT2D eigenvalue weighted by Gasteiger charge is -2.41. The van der Waals surface area contributed by atoms with Crippen molar-refractivity contribution < 1.29 is 9.47 Å². The Labute approximate surface area is 169 Å². The molecule has 4 heteroatoms. The van der Waals surface area contributed by atoms with Crippen molar-refractivity contribution in [3.63, 3.8) is 0 Å². The van der Waals surface area contributed by atoms with E-state index in [2.05, 4.69) is 73.0 Å². The molecule has 4 rings (SSSR count). The van der Waals surface area contributed by atoms with E-state index in [-0.39, 0.29) is 0 Å². The predicted octanol–water partition coefficient (Wildman–Crippen LogP) is 5.06. The van der Waals surface area contributed by atoms with Crippen molar-refractivity contribution in [1.29, 1.82) is 0 Å². The molecule has 4 nitrogen and oxygen atoms in total. The van der Waals surface area contributed by atoms with Gasteiger partial charge in [-0.3, -0.25) is 0 Å². The van der Waals surface area contributed by atoms with Gasteiger partial charge in [-0.2, -0.15) is 0 Å². The number of hydrogen-bond donors (Lipinski definition) is 0. The Morgan fingerprint density at radius 2 is 1.64 bits per heavy atom. The molecule has 0 saturated carbocycles. The number of likely N-dealkylation sites (tertiary alicyclic amines) is 1. The molecule has 2 aromatic carbocycles. The quantitative estimate of drug-likeness (QED) is 0.740. The summed E-state index contributed by atoms with van der Waals surface area (Å²) in [5, 5.41) is 0. The second-order valence-electron chi connectivity index (χ2n) is 9.25. The van der Waals surface area contributed by atoms with Gasteiger partial charge in [0, 0.05) is 43.0 Å². The van der Waals surface area contributed by atoms with Crippen LogP contribution in [0.5, 0.6) is 11.5 Å². The summed E-state index contributed by atoms with van der Waals surface area (Å²) in [6.07, 6.45) is 1.17. The maximum atomic E-state index is 5.55. The van der Waals surface area contributed by atoms with Gasteiger partial charge in [0.25, 0.3) is 0 Å². The molecule has 0 bridgehead atoms. The molecule has 2 aromatic rings. The van der Waals surface area contributed by atoms with E-state index in [4.69, 9.17) is 9.47 Å². The van der Waals surface area contributed by atoms with Crippen LogP contribution in [0.4, 0.5) is 11.4 Å². The third-order valence-corrected chi connectivity index (χ3v) is 5.93. The first-order valence-electron chi connectivity index (χ1n) is 10.2. The lowest BCUT2D eigenvalue weighted by molar-refractivity contribution is 0.144. The van der Waals surface area contributed by atoms with Crippen molar-refractivity contribution in [1.82, 2.24) is 4.90 Å². The SMILES string of the molecule is COc1ccc(N2c3ccc(OC)cc3[C@@H]3CN(CC(C)(C)C)CC[C@H]32)cc1. The molecule has 28 heavy (non-hydrogen) atoms. The topological polar surface area (TPSA) is 24.9 Å². The zero-order valence-electron chi connectivity index (χ0n) is 17.7. The summed E-state index contributed by atoms with van der Waals surface area (Å²) in [5.74, 6) is 2.35. The number of fused-ring (bicyclic) bond motifs is 3. The van der Waals surface area contributed by atoms with Crippen LogP contribution in [0.2, 0.25) is 0 Å². The highest BCUT2D eigenvalue weighted by Crippen LogP contribution is 2.49. The molecule has 0 aromatic heterocycles. The van der Waals surface area contributed by atoms with Crippen LogP contribution in [0.15, 0.2) is 42.5 Å². The first-order chi connectivity index (χ1) is 13.4. The van der Waals surface area contributed by atoms with E-state index >= 15 is 0 Å². The summed E-state index contributed by atoms with van der Waals surface area (Å²) >= 11 is 0. The lowest BCUT2D eigenvalue weighted by atomic mass is 9.87. The number of methoxy groups -OCH3 is 2. The standard InChI is InChI=1S/C24H32N2O2/c1-24(2,3)16-25-13-12-23-21(15-25)20-14-19(28-5)10-11-22(20)26(23)17-6-8-18(27-4)9-7-17/h6-11,14,21,23H,12-13,15-16H2,1-5H3/t21-,23+/m0/s1. The fourth-order valence-electron chi connectivity index (χ4n) is 4.86. The largest absolute Gasteiger partial charge is 0.497 e. The predicted molar refractivity (Wildman–Crippen MR) is 115 cm³/mol. The smallest absolute Gasteiger partial charge is 0.119 e. The Hall–Kier alpha value is -2.20. The minimum atomic E-state index is 0.318. The third-order valence-electron chi connectivity index (χ3n) is 5.93. The average Bonchev–Trinajstić information content (AvgIpc) is 2.99. The van der Waals surface area contributed by atoms with E-state index in [1.54, 1.807) is 14.2 Å². The van der Waals surface area contributed by atoms with Gasteiger partial charge in [0.05, 0.1) is 14.2 Å². The van der Waals surface area contributed by atoms with Crippen LogP contribution in [0.1, 0.15) is 38.7 Å². The van der Waals surface area contributed by atoms with E-state index in [1.807, 2.05) is 0 Å². The van der Waals surface area contributed by atoms with Gasteiger partial charge in [-0.1, -0.05) is 20.8 Å². The first kappa shape index (κ1) is 19.1. The van der Waals surface area contributed by atoms with Gasteiger partial charge in [-0.25, -0.2) is 0 Å². The Morgan fingerprint density at radius 1 is 0.964 bits per heavy atom. The Balaban J connectivity index is 1.70. The molecule has 0 spiro atoms. The molecule has 2 heterocycles. The van der Waals surface area contributed by atoms with E-state index in [9.17, 15) is 0 Å². The van der Waals surface area contributed by atoms with E-state index < -0.39 is 0 Å². The number of hydrogen-bond acceptors (Lipinski definition) is 4. The molecule has 2 aliphatic rings. The van der Waals surface area contributed by atoms with Crippen LogP contribution < -0.4 is 14.4 Å². The zero-order valence-corrected chi connectivity index (χ0v) is 17.7. The molecule has 150 valence electrons. The second-order valence-corrected chi connectivity index (χ2v) is 9.25. The summed E-state index contributed by atoms with van der Waals surface area (Å²) in [7, 11) is 3.47. The van der Waals surface area contributed by atoms with Crippen LogP contribution >= 0.6 is 0 Å². The van der Waals surface area contributed by atoms with E-state index in [0.717, 1.165) is 31.1 Å². The summed E-state index contributed by atoms with van der Waals surface area (Å²) in [4.78, 5) is 5.18. The molecular formula is C24H32N2O2. The molecular weight excluding hydrogens is 348 g/mol. The number of benzene rings is 2. The van der Waals surface area contributed by atoms with Crippen LogP contribution in [0.3, 0.4) is 0 Å². The Morgan fingerprint density at radius 3 is 2.29 bits per heavy atom. The van der Waals surface area contributed by atoms with Crippen molar-refractivity contribution in [2.75, 3.05) is 38.8 Å². The molecule has 0 unspecified atom stereocenters. The van der Waals surface area contributed by atoms with Crippen LogP contribution in [0.25, 0.3) is 0 Å². The fourth-order valence-corrected chi connectivity index (χ4v) is 4.86. The van der Waals surface area contributed by atoms with Crippen molar-refractivity contribution in [2.45, 2.75) is 39.2 Å². The summed E-state index contributed by atoms with van der Waals surface area (Å²) in [6.45, 7) is 10.4. The number of anilines is 2. The molecule has 0 N–H and O–H groups in total.